The monoisotopic (exact) mass is 226 g/mol. The zero-order valence-corrected chi connectivity index (χ0v) is 8.77. The minimum atomic E-state index is -0.360. The smallest absolute Gasteiger partial charge is 0.349 e. The topological polar surface area (TPSA) is 26.3 Å². The van der Waals surface area contributed by atoms with Crippen LogP contribution in [0, 0.1) is 0 Å². The third kappa shape index (κ3) is 1.74. The molecular formula is C10H7ClO2S. The third-order valence-corrected chi connectivity index (χ3v) is 3.02. The van der Waals surface area contributed by atoms with Gasteiger partial charge in [-0.25, -0.2) is 4.79 Å². The fourth-order valence-electron chi connectivity index (χ4n) is 1.20. The molecule has 0 saturated heterocycles. The van der Waals surface area contributed by atoms with Crippen molar-refractivity contribution in [3.8, 4) is 0 Å². The van der Waals surface area contributed by atoms with Crippen LogP contribution in [0.5, 0.6) is 0 Å². The normalized spacial score (nSPS) is 10.4. The van der Waals surface area contributed by atoms with Crippen LogP contribution < -0.4 is 0 Å². The molecule has 1 heterocycles. The number of fused-ring (bicyclic) bond motifs is 1. The minimum Gasteiger partial charge on any atom is -0.445 e. The van der Waals surface area contributed by atoms with Crippen molar-refractivity contribution in [2.75, 3.05) is 6.07 Å². The van der Waals surface area contributed by atoms with Crippen molar-refractivity contribution >= 4 is 39.0 Å². The molecule has 2 aromatic rings. The maximum atomic E-state index is 11.3. The van der Waals surface area contributed by atoms with Crippen molar-refractivity contribution in [3.05, 3.63) is 35.2 Å². The standard InChI is InChI=1S/C10H7ClO2S/c11-6-13-10(12)9-5-7-3-1-2-4-8(7)14-9/h1-5H,6H2. The number of halogens is 1. The highest BCUT2D eigenvalue weighted by molar-refractivity contribution is 7.20. The Balaban J connectivity index is 2.40. The summed E-state index contributed by atoms with van der Waals surface area (Å²) in [4.78, 5) is 11.9. The Bertz CT molecular complexity index is 431. The number of alkyl halides is 1. The lowest BCUT2D eigenvalue weighted by Crippen LogP contribution is -2.00. The van der Waals surface area contributed by atoms with Gasteiger partial charge in [-0.05, 0) is 17.5 Å². The Labute approximate surface area is 90.1 Å². The molecule has 0 atom stereocenters. The Kier molecular flexibility index (Phi) is 2.70. The first kappa shape index (κ1) is 9.49. The van der Waals surface area contributed by atoms with Gasteiger partial charge in [-0.2, -0.15) is 0 Å². The van der Waals surface area contributed by atoms with Crippen LogP contribution in [0.15, 0.2) is 30.3 Å². The van der Waals surface area contributed by atoms with Crippen molar-refractivity contribution < 1.29 is 9.53 Å². The average Bonchev–Trinajstić information content (AvgIpc) is 2.61. The summed E-state index contributed by atoms with van der Waals surface area (Å²) in [6.45, 7) is 0. The number of hydrogen-bond donors (Lipinski definition) is 0. The molecule has 0 saturated carbocycles. The molecule has 0 bridgehead atoms. The molecule has 1 aromatic heterocycles. The van der Waals surface area contributed by atoms with Gasteiger partial charge < -0.3 is 4.74 Å². The van der Waals surface area contributed by atoms with Crippen molar-refractivity contribution in [2.45, 2.75) is 0 Å². The number of ether oxygens (including phenoxy) is 1. The van der Waals surface area contributed by atoms with Crippen LogP contribution in [0.4, 0.5) is 0 Å². The van der Waals surface area contributed by atoms with E-state index in [1.54, 1.807) is 0 Å². The summed E-state index contributed by atoms with van der Waals surface area (Å²) in [5, 5.41) is 1.05. The van der Waals surface area contributed by atoms with E-state index in [1.807, 2.05) is 30.3 Å². The lowest BCUT2D eigenvalue weighted by molar-refractivity contribution is 0.0580. The predicted molar refractivity (Wildman–Crippen MR) is 58.0 cm³/mol. The zero-order chi connectivity index (χ0) is 9.97. The number of hydrogen-bond acceptors (Lipinski definition) is 3. The van der Waals surface area contributed by atoms with Crippen molar-refractivity contribution in [3.63, 3.8) is 0 Å². The first-order valence-electron chi connectivity index (χ1n) is 4.03. The molecule has 72 valence electrons. The van der Waals surface area contributed by atoms with Gasteiger partial charge >= 0.3 is 5.97 Å². The largest absolute Gasteiger partial charge is 0.445 e. The summed E-state index contributed by atoms with van der Waals surface area (Å²) in [7, 11) is 0. The Morgan fingerprint density at radius 2 is 2.21 bits per heavy atom. The van der Waals surface area contributed by atoms with Gasteiger partial charge in [0, 0.05) is 4.70 Å². The first-order chi connectivity index (χ1) is 6.81. The Hall–Kier alpha value is -1.06. The second kappa shape index (κ2) is 3.98. The van der Waals surface area contributed by atoms with E-state index < -0.39 is 0 Å². The van der Waals surface area contributed by atoms with E-state index in [2.05, 4.69) is 0 Å². The molecule has 0 spiro atoms. The van der Waals surface area contributed by atoms with Gasteiger partial charge in [-0.3, -0.25) is 0 Å². The molecule has 0 amide bonds. The molecule has 2 rings (SSSR count). The van der Waals surface area contributed by atoms with Crippen LogP contribution in [-0.2, 0) is 4.74 Å². The number of rotatable bonds is 2. The lowest BCUT2D eigenvalue weighted by atomic mass is 10.2. The van der Waals surface area contributed by atoms with Gasteiger partial charge in [-0.1, -0.05) is 29.8 Å². The van der Waals surface area contributed by atoms with Crippen LogP contribution >= 0.6 is 22.9 Å². The van der Waals surface area contributed by atoms with Crippen LogP contribution in [0.2, 0.25) is 0 Å². The van der Waals surface area contributed by atoms with Gasteiger partial charge in [0.1, 0.15) is 4.88 Å². The quantitative estimate of drug-likeness (QED) is 0.581. The molecule has 0 fully saturated rings. The van der Waals surface area contributed by atoms with Crippen molar-refractivity contribution in [1.82, 2.24) is 0 Å². The number of benzene rings is 1. The van der Waals surface area contributed by atoms with E-state index >= 15 is 0 Å². The van der Waals surface area contributed by atoms with E-state index in [9.17, 15) is 4.79 Å². The predicted octanol–water partition coefficient (Wildman–Crippen LogP) is 3.25. The lowest BCUT2D eigenvalue weighted by Gasteiger charge is -1.94. The highest BCUT2D eigenvalue weighted by Gasteiger charge is 2.10. The van der Waals surface area contributed by atoms with Gasteiger partial charge in [0.2, 0.25) is 0 Å². The molecule has 4 heteroatoms. The second-order valence-corrected chi connectivity index (χ2v) is 3.99. The molecule has 0 unspecified atom stereocenters. The molecule has 0 aliphatic carbocycles. The molecule has 0 radical (unpaired) electrons. The number of carbonyl (C=O) groups is 1. The van der Waals surface area contributed by atoms with Crippen LogP contribution in [0.3, 0.4) is 0 Å². The summed E-state index contributed by atoms with van der Waals surface area (Å²) < 4.78 is 5.77. The summed E-state index contributed by atoms with van der Waals surface area (Å²) in [5.41, 5.74) is 0. The fraction of sp³-hybridized carbons (Fsp3) is 0.100. The molecule has 14 heavy (non-hydrogen) atoms. The second-order valence-electron chi connectivity index (χ2n) is 2.69. The maximum Gasteiger partial charge on any atom is 0.349 e. The van der Waals surface area contributed by atoms with Crippen LogP contribution in [0.25, 0.3) is 10.1 Å². The average molecular weight is 227 g/mol. The number of esters is 1. The molecule has 2 nitrogen and oxygen atoms in total. The highest BCUT2D eigenvalue weighted by atomic mass is 35.5. The highest BCUT2D eigenvalue weighted by Crippen LogP contribution is 2.25. The maximum absolute atomic E-state index is 11.3. The molecule has 0 N–H and O–H groups in total. The Morgan fingerprint density at radius 1 is 1.43 bits per heavy atom. The molecule has 0 aliphatic heterocycles. The van der Waals surface area contributed by atoms with E-state index in [-0.39, 0.29) is 12.0 Å². The minimum absolute atomic E-state index is 0.104. The van der Waals surface area contributed by atoms with Gasteiger partial charge in [0.25, 0.3) is 0 Å². The Morgan fingerprint density at radius 3 is 2.93 bits per heavy atom. The fourth-order valence-corrected chi connectivity index (χ4v) is 2.26. The van der Waals surface area contributed by atoms with Crippen molar-refractivity contribution in [1.29, 1.82) is 0 Å². The first-order valence-corrected chi connectivity index (χ1v) is 5.38. The summed E-state index contributed by atoms with van der Waals surface area (Å²) in [6, 6.07) is 9.52. The van der Waals surface area contributed by atoms with Gasteiger partial charge in [-0.15, -0.1) is 11.3 Å². The van der Waals surface area contributed by atoms with E-state index in [4.69, 9.17) is 16.3 Å². The van der Waals surface area contributed by atoms with Crippen LogP contribution in [0.1, 0.15) is 9.67 Å². The third-order valence-electron chi connectivity index (χ3n) is 1.81. The van der Waals surface area contributed by atoms with Gasteiger partial charge in [0.15, 0.2) is 6.07 Å². The van der Waals surface area contributed by atoms with Crippen LogP contribution in [-0.4, -0.2) is 12.0 Å². The number of thiophene rings is 1. The summed E-state index contributed by atoms with van der Waals surface area (Å²) in [5.74, 6) is -0.360. The van der Waals surface area contributed by atoms with Crippen molar-refractivity contribution in [2.24, 2.45) is 0 Å². The van der Waals surface area contributed by atoms with Gasteiger partial charge in [0.05, 0.1) is 0 Å². The molecule has 0 aliphatic rings. The summed E-state index contributed by atoms with van der Waals surface area (Å²) in [6.07, 6.45) is 0. The summed E-state index contributed by atoms with van der Waals surface area (Å²) >= 11 is 6.72. The van der Waals surface area contributed by atoms with E-state index in [0.29, 0.717) is 4.88 Å². The van der Waals surface area contributed by atoms with E-state index in [1.165, 1.54) is 11.3 Å². The van der Waals surface area contributed by atoms with E-state index in [0.717, 1.165) is 10.1 Å². The number of carbonyl (C=O) groups excluding carboxylic acids is 1. The molecule has 1 aromatic carbocycles. The molecular weight excluding hydrogens is 220 g/mol. The zero-order valence-electron chi connectivity index (χ0n) is 7.20. The SMILES string of the molecule is O=C(OCCl)c1cc2ccccc2s1.